The highest BCUT2D eigenvalue weighted by atomic mass is 16.4. The number of nitrogen functional groups attached to an aromatic ring is 1. The van der Waals surface area contributed by atoms with Crippen LogP contribution in [0.1, 0.15) is 26.3 Å². The summed E-state index contributed by atoms with van der Waals surface area (Å²) >= 11 is 0. The third kappa shape index (κ3) is 3.96. The van der Waals surface area contributed by atoms with Crippen LogP contribution in [0.15, 0.2) is 24.3 Å². The van der Waals surface area contributed by atoms with Crippen LogP contribution in [-0.4, -0.2) is 21.7 Å². The molecule has 1 amide bonds. The summed E-state index contributed by atoms with van der Waals surface area (Å²) in [4.78, 5) is 11.1. The van der Waals surface area contributed by atoms with Crippen molar-refractivity contribution < 1.29 is 9.90 Å². The zero-order valence-electron chi connectivity index (χ0n) is 10.4. The molecule has 94 valence electrons. The number of hydrogen-bond donors (Lipinski definition) is 3. The Morgan fingerprint density at radius 2 is 1.88 bits per heavy atom. The van der Waals surface area contributed by atoms with E-state index >= 15 is 0 Å². The van der Waals surface area contributed by atoms with Gasteiger partial charge in [0.2, 0.25) is 0 Å². The van der Waals surface area contributed by atoms with Gasteiger partial charge < -0.3 is 10.8 Å². The number of nitrogens with one attached hydrogen (secondary N) is 1. The fourth-order valence-electron chi connectivity index (χ4n) is 1.40. The number of rotatable bonds is 3. The van der Waals surface area contributed by atoms with Crippen molar-refractivity contribution in [3.63, 3.8) is 0 Å². The van der Waals surface area contributed by atoms with Crippen LogP contribution in [0, 0.1) is 0 Å². The zero-order valence-corrected chi connectivity index (χ0v) is 10.4. The zero-order chi connectivity index (χ0) is 13.1. The van der Waals surface area contributed by atoms with Crippen molar-refractivity contribution in [2.75, 3.05) is 5.73 Å². The Morgan fingerprint density at radius 1 is 1.35 bits per heavy atom. The molecule has 0 saturated heterocycles. The molecule has 0 fully saturated rings. The molecule has 0 aliphatic heterocycles. The van der Waals surface area contributed by atoms with Crippen molar-refractivity contribution in [1.29, 1.82) is 0 Å². The van der Waals surface area contributed by atoms with Crippen molar-refractivity contribution in [2.24, 2.45) is 0 Å². The molecule has 0 aliphatic rings. The second kappa shape index (κ2) is 5.05. The molecule has 5 heteroatoms. The van der Waals surface area contributed by atoms with Gasteiger partial charge in [-0.25, -0.2) is 15.2 Å². The van der Waals surface area contributed by atoms with Crippen LogP contribution in [0.3, 0.4) is 0 Å². The number of nitrogens with two attached hydrogens (primary N) is 1. The molecule has 1 aromatic rings. The minimum Gasteiger partial charge on any atom is -0.464 e. The van der Waals surface area contributed by atoms with E-state index in [1.54, 1.807) is 12.1 Å². The summed E-state index contributed by atoms with van der Waals surface area (Å²) in [5, 5.41) is 10.3. The maximum atomic E-state index is 11.1. The lowest BCUT2D eigenvalue weighted by Gasteiger charge is -2.33. The van der Waals surface area contributed by atoms with Gasteiger partial charge in [-0.2, -0.15) is 0 Å². The van der Waals surface area contributed by atoms with E-state index in [9.17, 15) is 4.79 Å². The minimum absolute atomic E-state index is 0.448. The van der Waals surface area contributed by atoms with Crippen LogP contribution in [0.25, 0.3) is 0 Å². The Kier molecular flexibility index (Phi) is 3.96. The van der Waals surface area contributed by atoms with Crippen LogP contribution in [0.4, 0.5) is 10.5 Å². The molecule has 0 saturated carbocycles. The Balaban J connectivity index is 2.65. The van der Waals surface area contributed by atoms with Gasteiger partial charge >= 0.3 is 6.09 Å². The molecule has 1 aromatic carbocycles. The lowest BCUT2D eigenvalue weighted by atomic mass is 10.1. The predicted molar refractivity (Wildman–Crippen MR) is 67.3 cm³/mol. The Hall–Kier alpha value is -1.75. The van der Waals surface area contributed by atoms with Crippen molar-refractivity contribution in [2.45, 2.75) is 32.9 Å². The van der Waals surface area contributed by atoms with E-state index in [0.29, 0.717) is 12.2 Å². The fourth-order valence-corrected chi connectivity index (χ4v) is 1.40. The maximum absolute atomic E-state index is 11.1. The van der Waals surface area contributed by atoms with E-state index in [2.05, 4.69) is 5.43 Å². The number of anilines is 1. The van der Waals surface area contributed by atoms with Crippen LogP contribution in [-0.2, 0) is 6.54 Å². The fraction of sp³-hybridized carbons (Fsp3) is 0.417. The molecule has 0 unspecified atom stereocenters. The highest BCUT2D eigenvalue weighted by Crippen LogP contribution is 2.12. The normalized spacial score (nSPS) is 11.2. The molecule has 0 radical (unpaired) electrons. The lowest BCUT2D eigenvalue weighted by Crippen LogP contribution is -2.52. The van der Waals surface area contributed by atoms with E-state index in [-0.39, 0.29) is 0 Å². The van der Waals surface area contributed by atoms with Gasteiger partial charge in [0.1, 0.15) is 0 Å². The molecular formula is C12H19N3O2. The molecule has 5 nitrogen and oxygen atoms in total. The predicted octanol–water partition coefficient (Wildman–Crippen LogP) is 2.05. The first kappa shape index (κ1) is 13.3. The van der Waals surface area contributed by atoms with E-state index in [0.717, 1.165) is 5.56 Å². The van der Waals surface area contributed by atoms with Crippen LogP contribution in [0.2, 0.25) is 0 Å². The Morgan fingerprint density at radius 3 is 2.29 bits per heavy atom. The molecule has 4 N–H and O–H groups in total. The van der Waals surface area contributed by atoms with Crippen LogP contribution in [0.5, 0.6) is 0 Å². The van der Waals surface area contributed by atoms with Crippen molar-refractivity contribution >= 4 is 11.8 Å². The summed E-state index contributed by atoms with van der Waals surface area (Å²) < 4.78 is 0. The van der Waals surface area contributed by atoms with Gasteiger partial charge in [-0.3, -0.25) is 0 Å². The number of hydrazine groups is 1. The summed E-state index contributed by atoms with van der Waals surface area (Å²) in [6.07, 6.45) is -0.993. The number of benzene rings is 1. The van der Waals surface area contributed by atoms with Crippen molar-refractivity contribution in [1.82, 2.24) is 10.4 Å². The number of carboxylic acid groups (broad SMARTS) is 1. The second-order valence-electron chi connectivity index (χ2n) is 4.87. The molecule has 0 aromatic heterocycles. The maximum Gasteiger partial charge on any atom is 0.422 e. The molecule has 0 aliphatic carbocycles. The smallest absolute Gasteiger partial charge is 0.422 e. The van der Waals surface area contributed by atoms with Gasteiger partial charge in [-0.1, -0.05) is 12.1 Å². The highest BCUT2D eigenvalue weighted by molar-refractivity contribution is 5.65. The first-order valence-corrected chi connectivity index (χ1v) is 5.42. The molecule has 1 rings (SSSR count). The molecule has 0 heterocycles. The average molecular weight is 237 g/mol. The molecular weight excluding hydrogens is 218 g/mol. The van der Waals surface area contributed by atoms with E-state index in [1.165, 1.54) is 5.01 Å². The lowest BCUT2D eigenvalue weighted by molar-refractivity contribution is 0.0624. The number of carbonyl (C=O) groups is 1. The number of hydrogen-bond acceptors (Lipinski definition) is 3. The van der Waals surface area contributed by atoms with Crippen LogP contribution >= 0.6 is 0 Å². The second-order valence-corrected chi connectivity index (χ2v) is 4.87. The van der Waals surface area contributed by atoms with Gasteiger partial charge in [0, 0.05) is 12.2 Å². The molecule has 0 bridgehead atoms. The van der Waals surface area contributed by atoms with Gasteiger partial charge in [0.25, 0.3) is 0 Å². The number of amides is 1. The van der Waals surface area contributed by atoms with Gasteiger partial charge in [0.05, 0.1) is 5.54 Å². The average Bonchev–Trinajstić information content (AvgIpc) is 2.18. The van der Waals surface area contributed by atoms with Gasteiger partial charge in [-0.05, 0) is 38.5 Å². The molecule has 17 heavy (non-hydrogen) atoms. The highest BCUT2D eigenvalue weighted by Gasteiger charge is 2.25. The first-order chi connectivity index (χ1) is 7.80. The summed E-state index contributed by atoms with van der Waals surface area (Å²) in [6.45, 7) is 5.94. The van der Waals surface area contributed by atoms with E-state index in [4.69, 9.17) is 10.8 Å². The monoisotopic (exact) mass is 237 g/mol. The summed E-state index contributed by atoms with van der Waals surface area (Å²) in [6, 6.07) is 7.31. The van der Waals surface area contributed by atoms with E-state index < -0.39 is 11.6 Å². The summed E-state index contributed by atoms with van der Waals surface area (Å²) in [7, 11) is 0. The molecule has 0 spiro atoms. The quantitative estimate of drug-likeness (QED) is 0.555. The summed E-state index contributed by atoms with van der Waals surface area (Å²) in [5.74, 6) is 0. The standard InChI is InChI=1S/C12H19N3O2/c1-12(2,3)15(11(16)17)14-8-9-4-6-10(13)7-5-9/h4-7,14H,8,13H2,1-3H3,(H,16,17). The van der Waals surface area contributed by atoms with Crippen molar-refractivity contribution in [3.8, 4) is 0 Å². The largest absolute Gasteiger partial charge is 0.464 e. The number of nitrogens with zero attached hydrogens (tertiary/aromatic N) is 1. The van der Waals surface area contributed by atoms with Gasteiger partial charge in [-0.15, -0.1) is 0 Å². The van der Waals surface area contributed by atoms with Crippen molar-refractivity contribution in [3.05, 3.63) is 29.8 Å². The van der Waals surface area contributed by atoms with Crippen LogP contribution < -0.4 is 11.2 Å². The SMILES string of the molecule is CC(C)(C)N(NCc1ccc(N)cc1)C(=O)O. The summed E-state index contributed by atoms with van der Waals surface area (Å²) in [5.41, 5.74) is 9.65. The molecule has 0 atom stereocenters. The third-order valence-electron chi connectivity index (χ3n) is 2.28. The Bertz CT molecular complexity index is 382. The minimum atomic E-state index is -0.993. The first-order valence-electron chi connectivity index (χ1n) is 5.42. The Labute approximate surface area is 101 Å². The van der Waals surface area contributed by atoms with Gasteiger partial charge in [0.15, 0.2) is 0 Å². The topological polar surface area (TPSA) is 78.6 Å². The van der Waals surface area contributed by atoms with E-state index in [1.807, 2.05) is 32.9 Å². The third-order valence-corrected chi connectivity index (χ3v) is 2.28.